The normalized spacial score (nSPS) is 12.6. The molecule has 0 unspecified atom stereocenters. The Morgan fingerprint density at radius 2 is 1.44 bits per heavy atom. The summed E-state index contributed by atoms with van der Waals surface area (Å²) in [6.07, 6.45) is -1.44. The lowest BCUT2D eigenvalue weighted by atomic mass is 10.2. The van der Waals surface area contributed by atoms with Gasteiger partial charge >= 0.3 is 5.97 Å². The first-order chi connectivity index (χ1) is 8.27. The summed E-state index contributed by atoms with van der Waals surface area (Å²) < 4.78 is 68.8. The van der Waals surface area contributed by atoms with E-state index >= 15 is 0 Å². The van der Waals surface area contributed by atoms with E-state index in [-0.39, 0.29) is 0 Å². The number of benzene rings is 1. The zero-order valence-corrected chi connectivity index (χ0v) is 8.94. The van der Waals surface area contributed by atoms with E-state index in [4.69, 9.17) is 5.11 Å². The number of carboxylic acids is 1. The molecular formula is C10H7F5O3. The molecule has 1 rings (SSSR count). The van der Waals surface area contributed by atoms with Gasteiger partial charge in [0.25, 0.3) is 0 Å². The Balaban J connectivity index is 3.07. The second-order valence-electron chi connectivity index (χ2n) is 3.34. The van der Waals surface area contributed by atoms with Crippen molar-refractivity contribution in [1.29, 1.82) is 0 Å². The van der Waals surface area contributed by atoms with Crippen molar-refractivity contribution in [2.24, 2.45) is 0 Å². The third kappa shape index (κ3) is 2.58. The summed E-state index contributed by atoms with van der Waals surface area (Å²) in [5.41, 5.74) is -1.21. The average Bonchev–Trinajstić information content (AvgIpc) is 2.33. The van der Waals surface area contributed by atoms with E-state index in [1.165, 1.54) is 0 Å². The molecule has 0 aliphatic heterocycles. The quantitative estimate of drug-likeness (QED) is 0.519. The first kappa shape index (κ1) is 14.4. The highest BCUT2D eigenvalue weighted by Gasteiger charge is 2.26. The van der Waals surface area contributed by atoms with Crippen LogP contribution in [0.3, 0.4) is 0 Å². The predicted octanol–water partition coefficient (Wildman–Crippen LogP) is 2.37. The fourth-order valence-corrected chi connectivity index (χ4v) is 1.06. The van der Waals surface area contributed by atoms with E-state index in [1.54, 1.807) is 0 Å². The van der Waals surface area contributed by atoms with Crippen LogP contribution in [0.25, 0.3) is 0 Å². The van der Waals surface area contributed by atoms with E-state index in [2.05, 4.69) is 4.74 Å². The maximum atomic E-state index is 13.1. The molecular weight excluding hydrogens is 263 g/mol. The van der Waals surface area contributed by atoms with Crippen molar-refractivity contribution < 1.29 is 36.6 Å². The van der Waals surface area contributed by atoms with Crippen LogP contribution >= 0.6 is 0 Å². The van der Waals surface area contributed by atoms with Gasteiger partial charge in [-0.05, 0) is 6.92 Å². The Hall–Kier alpha value is -1.70. The van der Waals surface area contributed by atoms with Gasteiger partial charge in [-0.15, -0.1) is 0 Å². The molecule has 18 heavy (non-hydrogen) atoms. The largest absolute Gasteiger partial charge is 0.479 e. The van der Waals surface area contributed by atoms with Crippen LogP contribution in [0.15, 0.2) is 0 Å². The molecule has 0 fully saturated rings. The van der Waals surface area contributed by atoms with E-state index in [0.29, 0.717) is 0 Å². The fraction of sp³-hybridized carbons (Fsp3) is 0.300. The number of aliphatic carboxylic acids is 1. The molecule has 1 N–H and O–H groups in total. The predicted molar refractivity (Wildman–Crippen MR) is 48.1 cm³/mol. The number of hydrogen-bond acceptors (Lipinski definition) is 2. The fourth-order valence-electron chi connectivity index (χ4n) is 1.06. The van der Waals surface area contributed by atoms with Crippen LogP contribution in [-0.4, -0.2) is 17.2 Å². The highest BCUT2D eigenvalue weighted by Crippen LogP contribution is 2.23. The van der Waals surface area contributed by atoms with Gasteiger partial charge in [-0.2, -0.15) is 0 Å². The maximum absolute atomic E-state index is 13.1. The van der Waals surface area contributed by atoms with Gasteiger partial charge in [-0.1, -0.05) is 0 Å². The minimum atomic E-state index is -2.28. The van der Waals surface area contributed by atoms with Gasteiger partial charge in [0.2, 0.25) is 5.82 Å². The molecule has 1 aromatic rings. The van der Waals surface area contributed by atoms with Gasteiger partial charge in [0.15, 0.2) is 29.4 Å². The standard InChI is InChI=1S/C10H7F5O3/c1-3(10(16)17)18-2-4-5(11)7(13)9(15)8(14)6(4)12/h3H,2H2,1H3,(H,16,17)/t3-/m1/s1. The third-order valence-electron chi connectivity index (χ3n) is 2.13. The van der Waals surface area contributed by atoms with E-state index < -0.39 is 53.3 Å². The first-order valence-electron chi connectivity index (χ1n) is 4.62. The number of ether oxygens (including phenoxy) is 1. The second kappa shape index (κ2) is 5.30. The van der Waals surface area contributed by atoms with E-state index in [0.717, 1.165) is 6.92 Å². The minimum Gasteiger partial charge on any atom is -0.479 e. The molecule has 0 spiro atoms. The van der Waals surface area contributed by atoms with Crippen molar-refractivity contribution in [2.75, 3.05) is 0 Å². The van der Waals surface area contributed by atoms with Crippen LogP contribution in [0.5, 0.6) is 0 Å². The summed E-state index contributed by atoms with van der Waals surface area (Å²) in [6, 6.07) is 0. The zero-order valence-electron chi connectivity index (χ0n) is 8.94. The van der Waals surface area contributed by atoms with Crippen molar-refractivity contribution >= 4 is 5.97 Å². The molecule has 3 nitrogen and oxygen atoms in total. The van der Waals surface area contributed by atoms with Gasteiger partial charge in [0.1, 0.15) is 0 Å². The smallest absolute Gasteiger partial charge is 0.332 e. The zero-order chi connectivity index (χ0) is 14.0. The van der Waals surface area contributed by atoms with Crippen molar-refractivity contribution in [3.8, 4) is 0 Å². The monoisotopic (exact) mass is 270 g/mol. The maximum Gasteiger partial charge on any atom is 0.332 e. The van der Waals surface area contributed by atoms with Crippen molar-refractivity contribution in [3.63, 3.8) is 0 Å². The molecule has 0 aliphatic carbocycles. The van der Waals surface area contributed by atoms with Gasteiger partial charge in [0, 0.05) is 0 Å². The molecule has 0 saturated heterocycles. The molecule has 0 bridgehead atoms. The summed E-state index contributed by atoms with van der Waals surface area (Å²) >= 11 is 0. The molecule has 1 aromatic carbocycles. The number of halogens is 5. The Morgan fingerprint density at radius 3 is 1.83 bits per heavy atom. The molecule has 0 radical (unpaired) electrons. The first-order valence-corrected chi connectivity index (χ1v) is 4.62. The lowest BCUT2D eigenvalue weighted by molar-refractivity contribution is -0.150. The third-order valence-corrected chi connectivity index (χ3v) is 2.13. The second-order valence-corrected chi connectivity index (χ2v) is 3.34. The van der Waals surface area contributed by atoms with Crippen LogP contribution < -0.4 is 0 Å². The van der Waals surface area contributed by atoms with Gasteiger partial charge in [-0.25, -0.2) is 26.7 Å². The molecule has 0 heterocycles. The summed E-state index contributed by atoms with van der Waals surface area (Å²) in [6.45, 7) is 0.00757. The van der Waals surface area contributed by atoms with Gasteiger partial charge < -0.3 is 9.84 Å². The van der Waals surface area contributed by atoms with Crippen LogP contribution in [0, 0.1) is 29.1 Å². The summed E-state index contributed by atoms with van der Waals surface area (Å²) in [5, 5.41) is 8.43. The summed E-state index contributed by atoms with van der Waals surface area (Å²) in [7, 11) is 0. The summed E-state index contributed by atoms with van der Waals surface area (Å²) in [5.74, 6) is -12.0. The van der Waals surface area contributed by atoms with Crippen molar-refractivity contribution in [2.45, 2.75) is 19.6 Å². The molecule has 100 valence electrons. The van der Waals surface area contributed by atoms with E-state index in [1.807, 2.05) is 0 Å². The lowest BCUT2D eigenvalue weighted by Crippen LogP contribution is -2.20. The number of rotatable bonds is 4. The number of carboxylic acid groups (broad SMARTS) is 1. The van der Waals surface area contributed by atoms with E-state index in [9.17, 15) is 26.7 Å². The Morgan fingerprint density at radius 1 is 1.06 bits per heavy atom. The Bertz CT molecular complexity index is 460. The lowest BCUT2D eigenvalue weighted by Gasteiger charge is -2.11. The SMILES string of the molecule is C[C@@H](OCc1c(F)c(F)c(F)c(F)c1F)C(=O)O. The molecule has 0 amide bonds. The Kier molecular flexibility index (Phi) is 4.23. The number of carbonyl (C=O) groups is 1. The van der Waals surface area contributed by atoms with Gasteiger partial charge in [0.05, 0.1) is 12.2 Å². The Labute approximate surface area is 97.8 Å². The number of hydrogen-bond donors (Lipinski definition) is 1. The highest BCUT2D eigenvalue weighted by atomic mass is 19.2. The molecule has 0 saturated carbocycles. The van der Waals surface area contributed by atoms with Crippen molar-refractivity contribution in [3.05, 3.63) is 34.6 Å². The average molecular weight is 270 g/mol. The van der Waals surface area contributed by atoms with Crippen LogP contribution in [-0.2, 0) is 16.1 Å². The summed E-state index contributed by atoms with van der Waals surface area (Å²) in [4.78, 5) is 10.4. The topological polar surface area (TPSA) is 46.5 Å². The van der Waals surface area contributed by atoms with Gasteiger partial charge in [-0.3, -0.25) is 0 Å². The van der Waals surface area contributed by atoms with Crippen LogP contribution in [0.4, 0.5) is 22.0 Å². The van der Waals surface area contributed by atoms with Crippen LogP contribution in [0.2, 0.25) is 0 Å². The molecule has 0 aromatic heterocycles. The minimum absolute atomic E-state index is 1.04. The molecule has 0 aliphatic rings. The van der Waals surface area contributed by atoms with Crippen molar-refractivity contribution in [1.82, 2.24) is 0 Å². The highest BCUT2D eigenvalue weighted by molar-refractivity contribution is 5.71. The molecule has 8 heteroatoms. The van der Waals surface area contributed by atoms with Crippen LogP contribution in [0.1, 0.15) is 12.5 Å². The molecule has 1 atom stereocenters.